The van der Waals surface area contributed by atoms with Crippen LogP contribution in [0.3, 0.4) is 0 Å². The molecule has 14 heteroatoms. The molecular weight excluding hydrogens is 1060 g/mol. The molecule has 2 saturated heterocycles. The highest BCUT2D eigenvalue weighted by molar-refractivity contribution is 5.76. The van der Waals surface area contributed by atoms with Crippen LogP contribution in [0.5, 0.6) is 0 Å². The predicted molar refractivity (Wildman–Crippen MR) is 341 cm³/mol. The van der Waals surface area contributed by atoms with E-state index in [1.807, 2.05) is 6.08 Å². The lowest BCUT2D eigenvalue weighted by atomic mass is 9.97. The van der Waals surface area contributed by atoms with Gasteiger partial charge in [-0.3, -0.25) is 4.79 Å². The summed E-state index contributed by atoms with van der Waals surface area (Å²) in [6, 6.07) is -0.937. The van der Waals surface area contributed by atoms with E-state index in [9.17, 15) is 45.6 Å². The summed E-state index contributed by atoms with van der Waals surface area (Å²) in [4.78, 5) is 13.3. The Morgan fingerprint density at radius 2 is 0.762 bits per heavy atom. The quantitative estimate of drug-likeness (QED) is 0.0204. The van der Waals surface area contributed by atoms with E-state index in [1.54, 1.807) is 6.08 Å². The maximum Gasteiger partial charge on any atom is 0.220 e. The minimum Gasteiger partial charge on any atom is -0.394 e. The van der Waals surface area contributed by atoms with Gasteiger partial charge in [-0.25, -0.2) is 0 Å². The van der Waals surface area contributed by atoms with Crippen LogP contribution < -0.4 is 5.32 Å². The summed E-state index contributed by atoms with van der Waals surface area (Å²) in [5.41, 5.74) is 0. The zero-order valence-corrected chi connectivity index (χ0v) is 53.4. The molecule has 9 N–H and O–H groups in total. The lowest BCUT2D eigenvalue weighted by Gasteiger charge is -2.46. The molecule has 0 bridgehead atoms. The van der Waals surface area contributed by atoms with Crippen LogP contribution in [0.2, 0.25) is 0 Å². The zero-order valence-electron chi connectivity index (χ0n) is 53.4. The molecule has 14 nitrogen and oxygen atoms in total. The highest BCUT2D eigenvalue weighted by Gasteiger charge is 2.51. The molecule has 0 aliphatic carbocycles. The highest BCUT2D eigenvalue weighted by Crippen LogP contribution is 2.30. The first-order valence-corrected chi connectivity index (χ1v) is 34.9. The number of hydrogen-bond acceptors (Lipinski definition) is 13. The largest absolute Gasteiger partial charge is 0.394 e. The molecule has 1 amide bonds. The number of aliphatic hydroxyl groups is 8. The minimum absolute atomic E-state index is 0.249. The second-order valence-corrected chi connectivity index (χ2v) is 24.6. The summed E-state index contributed by atoms with van der Waals surface area (Å²) in [5.74, 6) is -0.249. The Balaban J connectivity index is 1.64. The van der Waals surface area contributed by atoms with Crippen molar-refractivity contribution in [3.63, 3.8) is 0 Å². The number of aliphatic hydroxyl groups excluding tert-OH is 8. The number of carbonyl (C=O) groups is 1. The van der Waals surface area contributed by atoms with E-state index in [1.165, 1.54) is 218 Å². The normalized spacial score (nSPS) is 23.9. The van der Waals surface area contributed by atoms with Crippen LogP contribution in [0.25, 0.3) is 0 Å². The fraction of sp³-hybridized carbons (Fsp3) is 0.871. The van der Waals surface area contributed by atoms with Gasteiger partial charge in [0.25, 0.3) is 0 Å². The molecule has 0 aromatic carbocycles. The smallest absolute Gasteiger partial charge is 0.220 e. The fourth-order valence-electron chi connectivity index (χ4n) is 11.4. The summed E-state index contributed by atoms with van der Waals surface area (Å²) >= 11 is 0. The van der Waals surface area contributed by atoms with Crippen LogP contribution in [0, 0.1) is 0 Å². The van der Waals surface area contributed by atoms with E-state index in [0.29, 0.717) is 12.8 Å². The molecule has 0 aromatic rings. The minimum atomic E-state index is -1.79. The van der Waals surface area contributed by atoms with Crippen LogP contribution in [0.15, 0.2) is 48.6 Å². The molecular formula is C70H129NO13. The van der Waals surface area contributed by atoms with Crippen molar-refractivity contribution in [1.29, 1.82) is 0 Å². The van der Waals surface area contributed by atoms with E-state index >= 15 is 0 Å². The van der Waals surface area contributed by atoms with Crippen LogP contribution in [-0.2, 0) is 23.7 Å². The van der Waals surface area contributed by atoms with Gasteiger partial charge in [0.1, 0.15) is 48.8 Å². The number of hydrogen-bond donors (Lipinski definition) is 9. The molecule has 492 valence electrons. The lowest BCUT2D eigenvalue weighted by molar-refractivity contribution is -0.359. The molecule has 2 aliphatic heterocycles. The zero-order chi connectivity index (χ0) is 60.9. The second-order valence-electron chi connectivity index (χ2n) is 24.6. The van der Waals surface area contributed by atoms with Gasteiger partial charge in [-0.15, -0.1) is 0 Å². The molecule has 0 radical (unpaired) electrons. The van der Waals surface area contributed by atoms with Gasteiger partial charge in [0.05, 0.1) is 32.0 Å². The molecule has 0 spiro atoms. The number of ether oxygens (including phenoxy) is 4. The molecule has 2 aliphatic rings. The summed E-state index contributed by atoms with van der Waals surface area (Å²) in [5, 5.41) is 87.3. The Bertz CT molecular complexity index is 1590. The Morgan fingerprint density at radius 3 is 1.17 bits per heavy atom. The number of amides is 1. The van der Waals surface area contributed by atoms with E-state index in [0.717, 1.165) is 44.9 Å². The van der Waals surface area contributed by atoms with Crippen LogP contribution in [0.1, 0.15) is 296 Å². The van der Waals surface area contributed by atoms with E-state index < -0.39 is 86.8 Å². The number of carbonyl (C=O) groups excluding carboxylic acids is 1. The van der Waals surface area contributed by atoms with Gasteiger partial charge in [0, 0.05) is 6.42 Å². The number of allylic oxidation sites excluding steroid dienone is 7. The third-order valence-corrected chi connectivity index (χ3v) is 17.0. The van der Waals surface area contributed by atoms with E-state index in [4.69, 9.17) is 18.9 Å². The Kier molecular flexibility index (Phi) is 51.1. The first kappa shape index (κ1) is 78.0. The highest BCUT2D eigenvalue weighted by atomic mass is 16.7. The Labute approximate surface area is 512 Å². The van der Waals surface area contributed by atoms with Crippen molar-refractivity contribution < 1.29 is 64.6 Å². The molecule has 84 heavy (non-hydrogen) atoms. The molecule has 0 saturated carbocycles. The van der Waals surface area contributed by atoms with E-state index in [2.05, 4.69) is 55.6 Å². The van der Waals surface area contributed by atoms with Crippen molar-refractivity contribution in [2.75, 3.05) is 19.8 Å². The molecule has 2 fully saturated rings. The first-order chi connectivity index (χ1) is 41.1. The third kappa shape index (κ3) is 39.1. The van der Waals surface area contributed by atoms with Gasteiger partial charge >= 0.3 is 0 Å². The van der Waals surface area contributed by atoms with Crippen molar-refractivity contribution in [2.24, 2.45) is 0 Å². The van der Waals surface area contributed by atoms with Crippen molar-refractivity contribution >= 4 is 5.91 Å². The number of rotatable bonds is 57. The molecule has 12 atom stereocenters. The fourth-order valence-corrected chi connectivity index (χ4v) is 11.4. The summed E-state index contributed by atoms with van der Waals surface area (Å²) < 4.78 is 22.8. The topological polar surface area (TPSA) is 228 Å². The second kappa shape index (κ2) is 55.1. The molecule has 2 rings (SSSR count). The van der Waals surface area contributed by atoms with Gasteiger partial charge in [-0.2, -0.15) is 0 Å². The SMILES string of the molecule is CCCCCCCCC/C=C/CC/C=C/CC/C=C/C(O)C(COC1OC(CO)C(OC2OC(CO)C(O)C(O)C2O)C(O)C1O)NC(=O)CCCCCCCCCCCCCCCCCCCCCCC/C=C\CCCCCCCCCC. The maximum atomic E-state index is 13.3. The van der Waals surface area contributed by atoms with Crippen LogP contribution in [-0.4, -0.2) is 140 Å². The molecule has 12 unspecified atom stereocenters. The van der Waals surface area contributed by atoms with Crippen LogP contribution >= 0.6 is 0 Å². The van der Waals surface area contributed by atoms with Crippen molar-refractivity contribution in [3.8, 4) is 0 Å². The average Bonchev–Trinajstić information content (AvgIpc) is 3.61. The van der Waals surface area contributed by atoms with Gasteiger partial charge in [0.2, 0.25) is 5.91 Å². The van der Waals surface area contributed by atoms with Crippen LogP contribution in [0.4, 0.5) is 0 Å². The number of unbranched alkanes of at least 4 members (excludes halogenated alkanes) is 38. The Hall–Kier alpha value is -2.05. The monoisotopic (exact) mass is 1190 g/mol. The predicted octanol–water partition coefficient (Wildman–Crippen LogP) is 13.9. The molecule has 2 heterocycles. The van der Waals surface area contributed by atoms with Gasteiger partial charge in [0.15, 0.2) is 12.6 Å². The number of nitrogens with one attached hydrogen (secondary N) is 1. The van der Waals surface area contributed by atoms with Crippen molar-refractivity contribution in [2.45, 2.75) is 370 Å². The van der Waals surface area contributed by atoms with Crippen molar-refractivity contribution in [1.82, 2.24) is 5.32 Å². The lowest BCUT2D eigenvalue weighted by Crippen LogP contribution is -2.65. The van der Waals surface area contributed by atoms with Gasteiger partial charge in [-0.05, 0) is 70.6 Å². The maximum absolute atomic E-state index is 13.3. The van der Waals surface area contributed by atoms with Gasteiger partial charge < -0.3 is 65.1 Å². The summed E-state index contributed by atoms with van der Waals surface area (Å²) in [7, 11) is 0. The van der Waals surface area contributed by atoms with Crippen molar-refractivity contribution in [3.05, 3.63) is 48.6 Å². The average molecular weight is 1190 g/mol. The Morgan fingerprint density at radius 1 is 0.417 bits per heavy atom. The summed E-state index contributed by atoms with van der Waals surface area (Å²) in [6.07, 6.45) is 54.7. The standard InChI is InChI=1S/C70H129NO13/c1-3-5-7-9-11-13-15-17-19-21-22-23-24-25-26-27-28-29-30-31-32-33-34-35-36-38-40-42-44-46-48-50-52-54-62(75)71-58(59(74)53-51-49-47-45-43-41-39-37-20-18-16-14-12-10-8-6-4-2)57-81-69-67(80)65(78)68(61(56-73)83-69)84-70-66(79)64(77)63(76)60(55-72)82-70/h20-22,37,43,45,51,53,58-61,63-70,72-74,76-80H,3-19,23-36,38-42,44,46-50,52,54-57H2,1-2H3,(H,71,75)/b22-21-,37-20+,45-43+,53-51+. The molecule has 0 aromatic heterocycles. The third-order valence-electron chi connectivity index (χ3n) is 17.0. The first-order valence-electron chi connectivity index (χ1n) is 34.9. The van der Waals surface area contributed by atoms with Gasteiger partial charge in [-0.1, -0.05) is 268 Å². The van der Waals surface area contributed by atoms with E-state index in [-0.39, 0.29) is 18.9 Å². The summed E-state index contributed by atoms with van der Waals surface area (Å²) in [6.45, 7) is 2.79.